The quantitative estimate of drug-likeness (QED) is 0.169. The fraction of sp³-hybridized carbons (Fsp3) is 0.905. The maximum Gasteiger partial charge on any atom is 0.309 e. The summed E-state index contributed by atoms with van der Waals surface area (Å²) in [6.45, 7) is 19.6. The van der Waals surface area contributed by atoms with Gasteiger partial charge in [-0.1, -0.05) is 55.4 Å². The van der Waals surface area contributed by atoms with Gasteiger partial charge in [0.2, 0.25) is 5.79 Å². The molecule has 5 rings (SSSR count). The van der Waals surface area contributed by atoms with Crippen LogP contribution in [0.3, 0.4) is 0 Å². The molecule has 0 aromatic carbocycles. The number of ether oxygens (including phenoxy) is 5. The number of aliphatic hydroxyl groups is 3. The molecule has 2 unspecified atom stereocenters. The monoisotopic (exact) mass is 750 g/mol. The molecule has 4 fully saturated rings. The van der Waals surface area contributed by atoms with Gasteiger partial charge in [-0.15, -0.1) is 0 Å². The molecule has 11 heteroatoms. The predicted octanol–water partition coefficient (Wildman–Crippen LogP) is 6.19. The van der Waals surface area contributed by atoms with Gasteiger partial charge in [-0.2, -0.15) is 0 Å². The molecular formula is C42H70O11. The first-order chi connectivity index (χ1) is 24.8. The van der Waals surface area contributed by atoms with Gasteiger partial charge in [-0.3, -0.25) is 9.59 Å². The van der Waals surface area contributed by atoms with Gasteiger partial charge in [0.15, 0.2) is 5.79 Å². The minimum atomic E-state index is -1.37. The van der Waals surface area contributed by atoms with Crippen molar-refractivity contribution in [2.75, 3.05) is 0 Å². The number of Topliss-reactive ketones (excluding diaryl/α,β-unsaturated/α-hetero) is 1. The summed E-state index contributed by atoms with van der Waals surface area (Å²) < 4.78 is 33.5. The van der Waals surface area contributed by atoms with Gasteiger partial charge in [0, 0.05) is 30.1 Å². The Balaban J connectivity index is 1.31. The van der Waals surface area contributed by atoms with E-state index >= 15 is 0 Å². The molecule has 0 amide bonds. The van der Waals surface area contributed by atoms with Crippen molar-refractivity contribution in [3.05, 3.63) is 12.2 Å². The van der Waals surface area contributed by atoms with E-state index in [9.17, 15) is 30.0 Å². The van der Waals surface area contributed by atoms with Crippen LogP contribution in [0.4, 0.5) is 0 Å². The standard InChI is InChI=1S/C42H70O11/c1-11-29(38(46)47)31-15-14-23(4)36(50-31)27(8)34(44)26(7)35(45)30(12-2)37-24(5)22-25(6)41(51-37)19-16-32(43)42(53-41)21-20-39(10,52-42)33-17-18-40(48,13-3)28(9)49-33/h16,19,23-34,36-37,43-44,48H,11-15,17-18,20-22H2,1-10H3,(H,46,47)/t23-,24-,25+,26-,27+,28+,29+,30-,31+,32-,33-,34-,36-,37-,39+,40?,41+,42?/m1/s1. The van der Waals surface area contributed by atoms with E-state index in [2.05, 4.69) is 20.8 Å². The molecule has 2 spiro atoms. The Bertz CT molecular complexity index is 1320. The Morgan fingerprint density at radius 1 is 0.887 bits per heavy atom. The van der Waals surface area contributed by atoms with Crippen LogP contribution in [-0.2, 0) is 33.3 Å². The summed E-state index contributed by atoms with van der Waals surface area (Å²) >= 11 is 0. The maximum atomic E-state index is 14.4. The number of carboxylic acid groups (broad SMARTS) is 1. The van der Waals surface area contributed by atoms with Gasteiger partial charge in [0.1, 0.15) is 11.9 Å². The van der Waals surface area contributed by atoms with Crippen LogP contribution in [0.5, 0.6) is 0 Å². The number of aliphatic carboxylic acids is 1. The van der Waals surface area contributed by atoms with Gasteiger partial charge in [0.25, 0.3) is 0 Å². The van der Waals surface area contributed by atoms with E-state index in [1.807, 2.05) is 41.5 Å². The normalized spacial score (nSPS) is 46.2. The minimum absolute atomic E-state index is 0.0137. The van der Waals surface area contributed by atoms with Crippen LogP contribution < -0.4 is 0 Å². The first-order valence-electron chi connectivity index (χ1n) is 20.7. The minimum Gasteiger partial charge on any atom is -0.481 e. The molecule has 5 aliphatic rings. The molecule has 11 nitrogen and oxygen atoms in total. The molecule has 0 aliphatic carbocycles. The number of carbonyl (C=O) groups excluding carboxylic acids is 1. The smallest absolute Gasteiger partial charge is 0.309 e. The lowest BCUT2D eigenvalue weighted by molar-refractivity contribution is -0.409. The van der Waals surface area contributed by atoms with Crippen molar-refractivity contribution in [1.29, 1.82) is 0 Å². The van der Waals surface area contributed by atoms with Crippen LogP contribution in [0, 0.1) is 41.4 Å². The molecule has 4 N–H and O–H groups in total. The molecule has 0 bridgehead atoms. The van der Waals surface area contributed by atoms with Crippen molar-refractivity contribution >= 4 is 11.8 Å². The Kier molecular flexibility index (Phi) is 13.0. The first kappa shape index (κ1) is 42.7. The fourth-order valence-electron chi connectivity index (χ4n) is 10.5. The highest BCUT2D eigenvalue weighted by molar-refractivity contribution is 5.84. The van der Waals surface area contributed by atoms with Crippen LogP contribution in [0.1, 0.15) is 133 Å². The van der Waals surface area contributed by atoms with Crippen LogP contribution in [0.25, 0.3) is 0 Å². The van der Waals surface area contributed by atoms with Gasteiger partial charge < -0.3 is 44.1 Å². The molecule has 0 aromatic heterocycles. The second-order valence-corrected chi connectivity index (χ2v) is 17.9. The molecule has 0 saturated carbocycles. The molecule has 5 aliphatic heterocycles. The Labute approximate surface area is 317 Å². The zero-order chi connectivity index (χ0) is 39.3. The van der Waals surface area contributed by atoms with Crippen LogP contribution >= 0.6 is 0 Å². The summed E-state index contributed by atoms with van der Waals surface area (Å²) in [7, 11) is 0. The van der Waals surface area contributed by atoms with Gasteiger partial charge >= 0.3 is 5.97 Å². The number of hydrogen-bond acceptors (Lipinski definition) is 10. The van der Waals surface area contributed by atoms with Crippen molar-refractivity contribution in [2.24, 2.45) is 41.4 Å². The van der Waals surface area contributed by atoms with Crippen molar-refractivity contribution in [3.63, 3.8) is 0 Å². The fourth-order valence-corrected chi connectivity index (χ4v) is 10.5. The maximum absolute atomic E-state index is 14.4. The lowest BCUT2D eigenvalue weighted by Crippen LogP contribution is -2.63. The number of carboxylic acids is 1. The van der Waals surface area contributed by atoms with Gasteiger partial charge in [0.05, 0.1) is 53.7 Å². The summed E-state index contributed by atoms with van der Waals surface area (Å²) in [5, 5.41) is 44.0. The van der Waals surface area contributed by atoms with E-state index in [1.54, 1.807) is 19.1 Å². The average molecular weight is 751 g/mol. The lowest BCUT2D eigenvalue weighted by atomic mass is 9.72. The van der Waals surface area contributed by atoms with Crippen molar-refractivity contribution in [2.45, 2.75) is 199 Å². The highest BCUT2D eigenvalue weighted by Crippen LogP contribution is 2.54. The highest BCUT2D eigenvalue weighted by atomic mass is 16.8. The Morgan fingerprint density at radius 3 is 2.17 bits per heavy atom. The molecular weight excluding hydrogens is 680 g/mol. The second-order valence-electron chi connectivity index (χ2n) is 17.9. The third-order valence-corrected chi connectivity index (χ3v) is 14.4. The molecule has 4 saturated heterocycles. The topological polar surface area (TPSA) is 161 Å². The van der Waals surface area contributed by atoms with Crippen LogP contribution in [0.2, 0.25) is 0 Å². The first-order valence-corrected chi connectivity index (χ1v) is 20.7. The second kappa shape index (κ2) is 16.2. The van der Waals surface area contributed by atoms with E-state index < -0.39 is 76.8 Å². The third-order valence-electron chi connectivity index (χ3n) is 14.4. The van der Waals surface area contributed by atoms with Crippen molar-refractivity contribution < 1.29 is 53.7 Å². The number of aliphatic hydroxyl groups excluding tert-OH is 2. The summed E-state index contributed by atoms with van der Waals surface area (Å²) in [4.78, 5) is 26.4. The zero-order valence-electron chi connectivity index (χ0n) is 34.0. The molecule has 0 radical (unpaired) electrons. The molecule has 5 heterocycles. The van der Waals surface area contributed by atoms with E-state index in [4.69, 9.17) is 23.7 Å². The van der Waals surface area contributed by atoms with E-state index in [0.29, 0.717) is 57.8 Å². The number of rotatable bonds is 12. The lowest BCUT2D eigenvalue weighted by Gasteiger charge is -2.54. The van der Waals surface area contributed by atoms with Crippen LogP contribution in [0.15, 0.2) is 12.2 Å². The summed E-state index contributed by atoms with van der Waals surface area (Å²) in [6.07, 6.45) is 5.51. The van der Waals surface area contributed by atoms with Gasteiger partial charge in [-0.05, 0) is 95.6 Å². The number of hydrogen-bond donors (Lipinski definition) is 4. The van der Waals surface area contributed by atoms with Gasteiger partial charge in [-0.25, -0.2) is 0 Å². The third kappa shape index (κ3) is 7.94. The van der Waals surface area contributed by atoms with E-state index in [-0.39, 0.29) is 41.8 Å². The Morgan fingerprint density at radius 2 is 1.57 bits per heavy atom. The van der Waals surface area contributed by atoms with Crippen molar-refractivity contribution in [3.8, 4) is 0 Å². The molecule has 304 valence electrons. The summed E-state index contributed by atoms with van der Waals surface area (Å²) in [5.74, 6) is -5.78. The number of carbonyl (C=O) groups is 2. The molecule has 0 aromatic rings. The molecule has 53 heavy (non-hydrogen) atoms. The zero-order valence-corrected chi connectivity index (χ0v) is 34.0. The predicted molar refractivity (Wildman–Crippen MR) is 199 cm³/mol. The number of ketones is 1. The van der Waals surface area contributed by atoms with Crippen molar-refractivity contribution in [1.82, 2.24) is 0 Å². The summed E-state index contributed by atoms with van der Waals surface area (Å²) in [5.41, 5.74) is -1.63. The van der Waals surface area contributed by atoms with Crippen LogP contribution in [-0.4, -0.2) is 97.7 Å². The van der Waals surface area contributed by atoms with E-state index in [0.717, 1.165) is 6.42 Å². The summed E-state index contributed by atoms with van der Waals surface area (Å²) in [6, 6.07) is 0. The van der Waals surface area contributed by atoms with E-state index in [1.165, 1.54) is 0 Å². The highest BCUT2D eigenvalue weighted by Gasteiger charge is 2.63. The average Bonchev–Trinajstić information content (AvgIpc) is 3.47. The Hall–Kier alpha value is -1.44. The largest absolute Gasteiger partial charge is 0.481 e. The SMILES string of the molecule is CC[C@H](C(=O)[C@H](C)[C@@H](O)[C@H](C)[C@@H]1O[C@H]([C@H](CC)C(=O)O)CC[C@H]1C)[C@@H]1O[C@]2(C=C[C@@H](O)C3(CC[C@@](C)([C@H]4CCC(O)(CC)[C@H](C)O4)O3)O2)[C@@H](C)C[C@H]1C. The molecule has 18 atom stereocenters.